The SMILES string of the molecule is C.CO.CO[Si](CCCOCC1CO1)(OC)OC.CO[Si]1(CCCOCC2CO2)O[Si]2(O[Si](C)(O)O[Si](O)(O)O2)O[Si]2(O[Si](O)(O)O[Si](O)(O)O2)O1.C[Si]1(O)O[Si](O)(O)O[Si](O)(O[Si]2(O)O[Si](O)(O)O[Si](O)(O)O2)O1. The van der Waals surface area contributed by atoms with Crippen molar-refractivity contribution >= 4 is 126 Å². The molecule has 7 aliphatic heterocycles. The minimum Gasteiger partial charge on any atom is -0.400 e. The number of rotatable bonds is 18. The largest absolute Gasteiger partial charge is 0.662 e. The second kappa shape index (κ2) is 26.5. The van der Waals surface area contributed by atoms with Gasteiger partial charge in [0.05, 0.1) is 26.4 Å². The second-order valence-corrected chi connectivity index (χ2v) is 47.9. The summed E-state index contributed by atoms with van der Waals surface area (Å²) in [5.41, 5.74) is 0. The van der Waals surface area contributed by atoms with Crippen LogP contribution in [-0.4, -0.2) is 295 Å². The number of aliphatic hydroxyl groups excluding tert-OH is 1. The van der Waals surface area contributed by atoms with E-state index in [0.717, 1.165) is 46.4 Å². The van der Waals surface area contributed by atoms with E-state index in [1.54, 1.807) is 21.3 Å². The van der Waals surface area contributed by atoms with Crippen LogP contribution in [0.1, 0.15) is 20.3 Å². The average Bonchev–Trinajstić information content (AvgIpc) is 4.11. The predicted octanol–water partition coefficient (Wildman–Crippen LogP) is -12.0. The third-order valence-electron chi connectivity index (χ3n) is 8.64. The van der Waals surface area contributed by atoms with E-state index in [2.05, 4.69) is 32.9 Å². The maximum atomic E-state index is 10.4. The fraction of sp³-hybridized carbons (Fsp3) is 1.00. The lowest BCUT2D eigenvalue weighted by Crippen LogP contribution is -2.85. The van der Waals surface area contributed by atoms with Crippen molar-refractivity contribution in [3.05, 3.63) is 0 Å². The Morgan fingerprint density at radius 2 is 0.787 bits per heavy atom. The van der Waals surface area contributed by atoms with Crippen LogP contribution < -0.4 is 0 Å². The van der Waals surface area contributed by atoms with E-state index in [1.165, 1.54) is 0 Å². The van der Waals surface area contributed by atoms with Crippen LogP contribution in [-0.2, 0) is 102 Å². The first-order valence-corrected chi connectivity index (χ1v) is 45.8. The topological polar surface area (TPSA) is 572 Å². The Morgan fingerprint density at radius 1 is 0.440 bits per heavy atom. The van der Waals surface area contributed by atoms with Crippen molar-refractivity contribution in [3.8, 4) is 0 Å². The van der Waals surface area contributed by atoms with Crippen molar-refractivity contribution in [1.82, 2.24) is 0 Å². The monoisotopic (exact) mass is 1350 g/mol. The quantitative estimate of drug-likeness (QED) is 0.0344. The van der Waals surface area contributed by atoms with E-state index in [0.29, 0.717) is 32.5 Å². The van der Waals surface area contributed by atoms with Crippen LogP contribution in [0.25, 0.3) is 0 Å². The van der Waals surface area contributed by atoms with Gasteiger partial charge in [0.25, 0.3) is 0 Å². The molecule has 0 aromatic heterocycles. The minimum atomic E-state index is -5.48. The summed E-state index contributed by atoms with van der Waals surface area (Å²) in [4.78, 5) is 156. The van der Waals surface area contributed by atoms with Crippen LogP contribution in [0.2, 0.25) is 25.2 Å². The minimum absolute atomic E-state index is 0. The van der Waals surface area contributed by atoms with Crippen LogP contribution in [0.15, 0.2) is 0 Å². The van der Waals surface area contributed by atoms with Crippen LogP contribution in [0.4, 0.5) is 0 Å². The summed E-state index contributed by atoms with van der Waals surface area (Å²) in [6.45, 7) is 5.18. The first-order chi connectivity index (χ1) is 33.7. The molecular weight excluding hydrogens is 1290 g/mol. The number of epoxide rings is 2. The zero-order chi connectivity index (χ0) is 56.2. The molecule has 7 saturated heterocycles. The summed E-state index contributed by atoms with van der Waals surface area (Å²) >= 11 is 0. The molecule has 7 rings (SSSR count). The molecule has 0 aromatic carbocycles. The molecule has 55 heteroatoms. The zero-order valence-electron chi connectivity index (χ0n) is 39.6. The van der Waals surface area contributed by atoms with Crippen LogP contribution >= 0.6 is 0 Å². The molecular formula is C20H64O41Si14. The van der Waals surface area contributed by atoms with Crippen molar-refractivity contribution in [1.29, 1.82) is 0 Å². The maximum absolute atomic E-state index is 10.4. The molecule has 75 heavy (non-hydrogen) atoms. The lowest BCUT2D eigenvalue weighted by Gasteiger charge is -2.52. The van der Waals surface area contributed by atoms with Crippen molar-refractivity contribution in [2.75, 3.05) is 75.2 Å². The van der Waals surface area contributed by atoms with Gasteiger partial charge in [0, 0.05) is 73.9 Å². The molecule has 0 amide bonds. The highest BCUT2D eigenvalue weighted by molar-refractivity contribution is 6.95. The Balaban J connectivity index is 0.000000313. The van der Waals surface area contributed by atoms with Crippen LogP contribution in [0.3, 0.4) is 0 Å². The fourth-order valence-electron chi connectivity index (χ4n) is 5.95. The van der Waals surface area contributed by atoms with E-state index in [1.807, 2.05) is 0 Å². The van der Waals surface area contributed by atoms with Gasteiger partial charge >= 0.3 is 126 Å². The molecule has 0 aromatic rings. The molecule has 7 unspecified atom stereocenters. The van der Waals surface area contributed by atoms with Gasteiger partial charge in [-0.2, -0.15) is 0 Å². The highest BCUT2D eigenvalue weighted by Gasteiger charge is 2.83. The number of hydrogen-bond acceptors (Lipinski definition) is 41. The average molecular weight is 1350 g/mol. The molecule has 7 fully saturated rings. The summed E-state index contributed by atoms with van der Waals surface area (Å²) < 4.78 is 118. The third kappa shape index (κ3) is 22.8. The van der Waals surface area contributed by atoms with Crippen LogP contribution in [0, 0.1) is 0 Å². The first kappa shape index (κ1) is 70.7. The summed E-state index contributed by atoms with van der Waals surface area (Å²) in [5, 5.41) is 7.00. The number of hydrogen-bond donors (Lipinski definition) is 17. The van der Waals surface area contributed by atoms with Gasteiger partial charge in [-0.1, -0.05) is 7.43 Å². The van der Waals surface area contributed by atoms with Crippen molar-refractivity contribution < 1.29 is 184 Å². The summed E-state index contributed by atoms with van der Waals surface area (Å²) in [6.07, 6.45) is 1.45. The van der Waals surface area contributed by atoms with Gasteiger partial charge in [-0.05, 0) is 12.8 Å². The second-order valence-electron chi connectivity index (χ2n) is 15.2. The Kier molecular flexibility index (Phi) is 25.0. The van der Waals surface area contributed by atoms with E-state index in [9.17, 15) is 76.7 Å². The predicted molar refractivity (Wildman–Crippen MR) is 248 cm³/mol. The van der Waals surface area contributed by atoms with E-state index in [4.69, 9.17) is 74.7 Å². The van der Waals surface area contributed by atoms with E-state index in [-0.39, 0.29) is 32.6 Å². The maximum Gasteiger partial charge on any atom is 0.662 e. The smallest absolute Gasteiger partial charge is 0.400 e. The molecule has 7 aliphatic rings. The summed E-state index contributed by atoms with van der Waals surface area (Å²) in [6, 6.07) is 0.678. The molecule has 41 nitrogen and oxygen atoms in total. The highest BCUT2D eigenvalue weighted by atomic mass is 28.6. The molecule has 7 atom stereocenters. The van der Waals surface area contributed by atoms with Gasteiger partial charge in [0.15, 0.2) is 0 Å². The Hall–Kier alpha value is 1.40. The van der Waals surface area contributed by atoms with Gasteiger partial charge in [0.1, 0.15) is 12.2 Å². The zero-order valence-corrected chi connectivity index (χ0v) is 53.6. The number of ether oxygens (including phenoxy) is 4. The number of aliphatic hydroxyl groups is 1. The molecule has 0 saturated carbocycles. The molecule has 7 heterocycles. The van der Waals surface area contributed by atoms with E-state index < -0.39 is 126 Å². The summed E-state index contributed by atoms with van der Waals surface area (Å²) in [5.74, 6) is 0. The molecule has 0 aliphatic carbocycles. The summed E-state index contributed by atoms with van der Waals surface area (Å²) in [7, 11) is -60.9. The lowest BCUT2D eigenvalue weighted by molar-refractivity contribution is -0.0969. The Labute approximate surface area is 441 Å². The fourth-order valence-corrected chi connectivity index (χ4v) is 48.5. The normalized spacial score (nSPS) is 36.0. The Bertz CT molecular complexity index is 1620. The van der Waals surface area contributed by atoms with Gasteiger partial charge in [-0.3, -0.25) is 0 Å². The highest BCUT2D eigenvalue weighted by Crippen LogP contribution is 2.43. The van der Waals surface area contributed by atoms with Crippen molar-refractivity contribution in [3.63, 3.8) is 0 Å². The standard InChI is InChI=1S/C9H20O5Si.C8H24O19Si7.CH12O16Si6.CH4O.CH4/c1-10-15(11-2,12-3)6-4-5-13-7-9-8-14-9;1-16-29(5-3-4-17-6-8-7-18-8)21-33(20-28(2,9)19-30(10,11)24-33)27-34(22-29)25-31(12,13)23-32(14,15)26-34;1-18(2)11-19(3,4)14-22(9,12-18)17-23(10)15-20(5,6)13-21(7,8)16-23;1-2;/h9H,4-8H2,1-3H3;8-15H,3-7H2,1-2H3;2-10H,1H3;2H,1H3;1H4. The molecule has 17 N–H and O–H groups in total. The van der Waals surface area contributed by atoms with Gasteiger partial charge in [-0.15, -0.1) is 0 Å². The van der Waals surface area contributed by atoms with Gasteiger partial charge in [0.2, 0.25) is 0 Å². The lowest BCUT2D eigenvalue weighted by atomic mass is 10.5. The van der Waals surface area contributed by atoms with Crippen molar-refractivity contribution in [2.45, 2.75) is 57.7 Å². The molecule has 0 bridgehead atoms. The Morgan fingerprint density at radius 3 is 1.16 bits per heavy atom. The van der Waals surface area contributed by atoms with Gasteiger partial charge in [-0.25, -0.2) is 0 Å². The van der Waals surface area contributed by atoms with E-state index >= 15 is 0 Å². The van der Waals surface area contributed by atoms with Gasteiger partial charge < -0.3 is 184 Å². The molecule has 2 spiro atoms. The molecule has 0 radical (unpaired) electrons. The first-order valence-electron chi connectivity index (χ1n) is 20.5. The van der Waals surface area contributed by atoms with Crippen molar-refractivity contribution in [2.24, 2.45) is 0 Å². The third-order valence-corrected chi connectivity index (χ3v) is 48.6. The van der Waals surface area contributed by atoms with Crippen LogP contribution in [0.5, 0.6) is 0 Å². The molecule has 446 valence electrons.